The fraction of sp³-hybridized carbons (Fsp3) is 0.625. The Labute approximate surface area is 110 Å². The van der Waals surface area contributed by atoms with Gasteiger partial charge in [0.15, 0.2) is 0 Å². The van der Waals surface area contributed by atoms with Gasteiger partial charge in [-0.15, -0.1) is 0 Å². The average Bonchev–Trinajstić information content (AvgIpc) is 3.13. The maximum atomic E-state index is 5.71. The summed E-state index contributed by atoms with van der Waals surface area (Å²) >= 11 is 0. The number of unbranched alkanes of at least 4 members (excludes halogenated alkanes) is 5. The first-order valence-electron chi connectivity index (χ1n) is 7.27. The second-order valence-corrected chi connectivity index (χ2v) is 5.03. The molecule has 0 aromatic heterocycles. The van der Waals surface area contributed by atoms with Gasteiger partial charge in [0, 0.05) is 0 Å². The van der Waals surface area contributed by atoms with Crippen molar-refractivity contribution < 1.29 is 9.47 Å². The molecule has 2 unspecified atom stereocenters. The molecule has 0 spiro atoms. The minimum Gasteiger partial charge on any atom is -0.462 e. The molecule has 1 aromatic rings. The first-order chi connectivity index (χ1) is 8.90. The van der Waals surface area contributed by atoms with Crippen LogP contribution in [0.15, 0.2) is 30.3 Å². The van der Waals surface area contributed by atoms with Gasteiger partial charge in [0.05, 0.1) is 0 Å². The van der Waals surface area contributed by atoms with Crippen LogP contribution in [0.1, 0.15) is 51.9 Å². The molecule has 1 aliphatic heterocycles. The van der Waals surface area contributed by atoms with Gasteiger partial charge in [-0.05, 0) is 18.6 Å². The normalized spacial score (nSPS) is 21.8. The van der Waals surface area contributed by atoms with E-state index in [0.717, 1.165) is 12.2 Å². The van der Waals surface area contributed by atoms with Gasteiger partial charge in [-0.25, -0.2) is 0 Å². The first-order valence-corrected chi connectivity index (χ1v) is 7.27. The summed E-state index contributed by atoms with van der Waals surface area (Å²) in [5, 5.41) is 0. The lowest BCUT2D eigenvalue weighted by Gasteiger charge is -2.01. The van der Waals surface area contributed by atoms with E-state index >= 15 is 0 Å². The lowest BCUT2D eigenvalue weighted by molar-refractivity contribution is 0.178. The van der Waals surface area contributed by atoms with E-state index in [-0.39, 0.29) is 6.29 Å². The summed E-state index contributed by atoms with van der Waals surface area (Å²) in [6.07, 6.45) is 9.51. The smallest absolute Gasteiger partial charge is 0.227 e. The molecule has 1 saturated heterocycles. The van der Waals surface area contributed by atoms with Crippen molar-refractivity contribution in [3.05, 3.63) is 30.3 Å². The van der Waals surface area contributed by atoms with E-state index in [4.69, 9.17) is 9.47 Å². The molecule has 2 heteroatoms. The fourth-order valence-corrected chi connectivity index (χ4v) is 2.19. The Morgan fingerprint density at radius 3 is 2.50 bits per heavy atom. The zero-order chi connectivity index (χ0) is 12.6. The number of para-hydroxylation sites is 1. The molecule has 0 bridgehead atoms. The number of benzene rings is 1. The molecule has 100 valence electrons. The Bertz CT molecular complexity index is 323. The molecular weight excluding hydrogens is 224 g/mol. The summed E-state index contributed by atoms with van der Waals surface area (Å²) in [5.41, 5.74) is 0. The van der Waals surface area contributed by atoms with Crippen molar-refractivity contribution in [1.29, 1.82) is 0 Å². The van der Waals surface area contributed by atoms with E-state index in [1.54, 1.807) is 0 Å². The summed E-state index contributed by atoms with van der Waals surface area (Å²) in [4.78, 5) is 0. The van der Waals surface area contributed by atoms with E-state index in [1.807, 2.05) is 30.3 Å². The molecule has 0 aliphatic carbocycles. The maximum Gasteiger partial charge on any atom is 0.227 e. The fourth-order valence-electron chi connectivity index (χ4n) is 2.19. The van der Waals surface area contributed by atoms with Gasteiger partial charge in [0.25, 0.3) is 0 Å². The highest BCUT2D eigenvalue weighted by atomic mass is 16.8. The molecule has 18 heavy (non-hydrogen) atoms. The van der Waals surface area contributed by atoms with Crippen LogP contribution >= 0.6 is 0 Å². The second-order valence-electron chi connectivity index (χ2n) is 5.03. The van der Waals surface area contributed by atoms with E-state index < -0.39 is 0 Å². The molecular formula is C16H24O2. The SMILES string of the molecule is CCCCCCCCC1OC1Oc1ccccc1. The summed E-state index contributed by atoms with van der Waals surface area (Å²) in [6, 6.07) is 9.92. The van der Waals surface area contributed by atoms with Gasteiger partial charge < -0.3 is 9.47 Å². The predicted octanol–water partition coefficient (Wildman–Crippen LogP) is 4.54. The van der Waals surface area contributed by atoms with Crippen molar-refractivity contribution in [2.24, 2.45) is 0 Å². The average molecular weight is 248 g/mol. The minimum absolute atomic E-state index is 0.00282. The largest absolute Gasteiger partial charge is 0.462 e. The molecule has 0 amide bonds. The molecule has 1 fully saturated rings. The van der Waals surface area contributed by atoms with E-state index in [0.29, 0.717) is 6.10 Å². The molecule has 0 radical (unpaired) electrons. The number of epoxide rings is 1. The molecule has 0 N–H and O–H groups in total. The highest BCUT2D eigenvalue weighted by Crippen LogP contribution is 2.30. The molecule has 1 aromatic carbocycles. The van der Waals surface area contributed by atoms with Crippen LogP contribution in [0, 0.1) is 0 Å². The van der Waals surface area contributed by atoms with Crippen molar-refractivity contribution in [2.75, 3.05) is 0 Å². The van der Waals surface area contributed by atoms with Gasteiger partial charge >= 0.3 is 0 Å². The van der Waals surface area contributed by atoms with Crippen molar-refractivity contribution >= 4 is 0 Å². The number of ether oxygens (including phenoxy) is 2. The minimum atomic E-state index is 0.00282. The van der Waals surface area contributed by atoms with Crippen LogP contribution in [-0.2, 0) is 4.74 Å². The van der Waals surface area contributed by atoms with Gasteiger partial charge in [-0.3, -0.25) is 0 Å². The first kappa shape index (κ1) is 13.4. The quantitative estimate of drug-likeness (QED) is 0.472. The third kappa shape index (κ3) is 4.69. The zero-order valence-electron chi connectivity index (χ0n) is 11.3. The van der Waals surface area contributed by atoms with Crippen molar-refractivity contribution in [1.82, 2.24) is 0 Å². The molecule has 2 atom stereocenters. The Morgan fingerprint density at radius 2 is 1.72 bits per heavy atom. The lowest BCUT2D eigenvalue weighted by atomic mass is 10.1. The summed E-state index contributed by atoms with van der Waals surface area (Å²) in [7, 11) is 0. The Balaban J connectivity index is 1.50. The van der Waals surface area contributed by atoms with E-state index in [2.05, 4.69) is 6.92 Å². The molecule has 1 aliphatic rings. The molecule has 2 rings (SSSR count). The second kappa shape index (κ2) is 7.42. The van der Waals surface area contributed by atoms with Crippen LogP contribution < -0.4 is 4.74 Å². The van der Waals surface area contributed by atoms with Crippen molar-refractivity contribution in [3.8, 4) is 5.75 Å². The van der Waals surface area contributed by atoms with Crippen LogP contribution in [0.3, 0.4) is 0 Å². The maximum absolute atomic E-state index is 5.71. The third-order valence-corrected chi connectivity index (χ3v) is 3.37. The monoisotopic (exact) mass is 248 g/mol. The summed E-state index contributed by atoms with van der Waals surface area (Å²) in [5.74, 6) is 0.910. The van der Waals surface area contributed by atoms with Crippen LogP contribution in [0.2, 0.25) is 0 Å². The van der Waals surface area contributed by atoms with Gasteiger partial charge in [-0.2, -0.15) is 0 Å². The van der Waals surface area contributed by atoms with Crippen LogP contribution in [0.25, 0.3) is 0 Å². The highest BCUT2D eigenvalue weighted by Gasteiger charge is 2.40. The van der Waals surface area contributed by atoms with Crippen molar-refractivity contribution in [3.63, 3.8) is 0 Å². The number of hydrogen-bond acceptors (Lipinski definition) is 2. The molecule has 1 heterocycles. The number of rotatable bonds is 9. The van der Waals surface area contributed by atoms with Gasteiger partial charge in [0.1, 0.15) is 11.9 Å². The highest BCUT2D eigenvalue weighted by molar-refractivity contribution is 5.21. The topological polar surface area (TPSA) is 21.8 Å². The van der Waals surface area contributed by atoms with Gasteiger partial charge in [0.2, 0.25) is 6.29 Å². The van der Waals surface area contributed by atoms with Crippen LogP contribution in [0.5, 0.6) is 5.75 Å². The Kier molecular flexibility index (Phi) is 5.53. The van der Waals surface area contributed by atoms with Gasteiger partial charge in [-0.1, -0.05) is 63.6 Å². The van der Waals surface area contributed by atoms with E-state index in [1.165, 1.54) is 38.5 Å². The molecule has 2 nitrogen and oxygen atoms in total. The standard InChI is InChI=1S/C16H24O2/c1-2-3-4-5-6-10-13-15-16(18-15)17-14-11-8-7-9-12-14/h7-9,11-12,15-16H,2-6,10,13H2,1H3. The zero-order valence-corrected chi connectivity index (χ0v) is 11.3. The lowest BCUT2D eigenvalue weighted by Crippen LogP contribution is -2.03. The third-order valence-electron chi connectivity index (χ3n) is 3.37. The van der Waals surface area contributed by atoms with Crippen LogP contribution in [-0.4, -0.2) is 12.4 Å². The number of hydrogen-bond donors (Lipinski definition) is 0. The van der Waals surface area contributed by atoms with E-state index in [9.17, 15) is 0 Å². The molecule has 0 saturated carbocycles. The predicted molar refractivity (Wildman–Crippen MR) is 73.7 cm³/mol. The van der Waals surface area contributed by atoms with Crippen LogP contribution in [0.4, 0.5) is 0 Å². The summed E-state index contributed by atoms with van der Waals surface area (Å²) < 4.78 is 11.2. The summed E-state index contributed by atoms with van der Waals surface area (Å²) in [6.45, 7) is 2.25. The Morgan fingerprint density at radius 1 is 1.00 bits per heavy atom. The van der Waals surface area contributed by atoms with Crippen molar-refractivity contribution in [2.45, 2.75) is 64.3 Å². The Hall–Kier alpha value is -1.02.